The van der Waals surface area contributed by atoms with Crippen molar-refractivity contribution < 1.29 is 9.59 Å². The van der Waals surface area contributed by atoms with Crippen LogP contribution in [0.1, 0.15) is 30.1 Å². The standard InChI is InChI=1S/C13H18N2O2/c1-2-3-8-15(9-13(14)17)12-6-4-11(10-16)5-7-12/h4-7,10H,2-3,8-9H2,1H3,(H2,14,17). The molecule has 0 aliphatic heterocycles. The van der Waals surface area contributed by atoms with Gasteiger partial charge in [-0.3, -0.25) is 9.59 Å². The molecule has 1 aromatic rings. The molecule has 0 aliphatic rings. The molecule has 0 aromatic heterocycles. The molecule has 0 atom stereocenters. The zero-order valence-corrected chi connectivity index (χ0v) is 10.1. The summed E-state index contributed by atoms with van der Waals surface area (Å²) < 4.78 is 0. The maximum absolute atomic E-state index is 11.0. The minimum absolute atomic E-state index is 0.209. The molecule has 0 bridgehead atoms. The van der Waals surface area contributed by atoms with Crippen LogP contribution in [-0.2, 0) is 4.79 Å². The largest absolute Gasteiger partial charge is 0.368 e. The van der Waals surface area contributed by atoms with Crippen LogP contribution in [-0.4, -0.2) is 25.3 Å². The number of nitrogens with zero attached hydrogens (tertiary/aromatic N) is 1. The summed E-state index contributed by atoms with van der Waals surface area (Å²) in [6.45, 7) is 3.10. The molecule has 4 nitrogen and oxygen atoms in total. The van der Waals surface area contributed by atoms with E-state index in [-0.39, 0.29) is 12.5 Å². The lowest BCUT2D eigenvalue weighted by atomic mass is 10.2. The van der Waals surface area contributed by atoms with Crippen LogP contribution in [0.4, 0.5) is 5.69 Å². The van der Waals surface area contributed by atoms with E-state index in [9.17, 15) is 9.59 Å². The molecule has 0 heterocycles. The van der Waals surface area contributed by atoms with E-state index in [1.54, 1.807) is 12.1 Å². The maximum atomic E-state index is 11.0. The Morgan fingerprint density at radius 2 is 2.00 bits per heavy atom. The SMILES string of the molecule is CCCCN(CC(N)=O)c1ccc(C=O)cc1. The third-order valence-electron chi connectivity index (χ3n) is 2.52. The van der Waals surface area contributed by atoms with Gasteiger partial charge in [-0.15, -0.1) is 0 Å². The number of carbonyl (C=O) groups excluding carboxylic acids is 2. The average Bonchev–Trinajstić information content (AvgIpc) is 2.34. The van der Waals surface area contributed by atoms with Crippen molar-refractivity contribution in [2.24, 2.45) is 5.73 Å². The molecule has 0 unspecified atom stereocenters. The second kappa shape index (κ2) is 6.68. The van der Waals surface area contributed by atoms with Crippen molar-refractivity contribution in [2.45, 2.75) is 19.8 Å². The van der Waals surface area contributed by atoms with Crippen molar-refractivity contribution in [1.82, 2.24) is 0 Å². The van der Waals surface area contributed by atoms with Gasteiger partial charge in [0.1, 0.15) is 6.29 Å². The van der Waals surface area contributed by atoms with Crippen LogP contribution in [0.25, 0.3) is 0 Å². The zero-order chi connectivity index (χ0) is 12.7. The summed E-state index contributed by atoms with van der Waals surface area (Å²) in [5.41, 5.74) is 6.77. The number of rotatable bonds is 7. The van der Waals surface area contributed by atoms with Crippen molar-refractivity contribution in [3.63, 3.8) is 0 Å². The fourth-order valence-electron chi connectivity index (χ4n) is 1.60. The lowest BCUT2D eigenvalue weighted by molar-refractivity contribution is -0.116. The van der Waals surface area contributed by atoms with Crippen molar-refractivity contribution in [2.75, 3.05) is 18.0 Å². The summed E-state index contributed by atoms with van der Waals surface area (Å²) in [6.07, 6.45) is 2.86. The number of hydrogen-bond acceptors (Lipinski definition) is 3. The Hall–Kier alpha value is -1.84. The molecule has 1 rings (SSSR count). The number of hydrogen-bond donors (Lipinski definition) is 1. The van der Waals surface area contributed by atoms with Gasteiger partial charge in [0.05, 0.1) is 6.54 Å². The number of amides is 1. The van der Waals surface area contributed by atoms with E-state index in [1.807, 2.05) is 17.0 Å². The van der Waals surface area contributed by atoms with Crippen LogP contribution in [0.15, 0.2) is 24.3 Å². The summed E-state index contributed by atoms with van der Waals surface area (Å²) in [5, 5.41) is 0. The van der Waals surface area contributed by atoms with Crippen LogP contribution in [0.2, 0.25) is 0 Å². The minimum atomic E-state index is -0.347. The highest BCUT2D eigenvalue weighted by molar-refractivity contribution is 5.80. The average molecular weight is 234 g/mol. The van der Waals surface area contributed by atoms with E-state index in [4.69, 9.17) is 5.73 Å². The first-order chi connectivity index (χ1) is 8.17. The Morgan fingerprint density at radius 1 is 1.35 bits per heavy atom. The molecular weight excluding hydrogens is 216 g/mol. The molecule has 0 saturated carbocycles. The fourth-order valence-corrected chi connectivity index (χ4v) is 1.60. The number of primary amides is 1. The molecule has 0 aliphatic carbocycles. The summed E-state index contributed by atoms with van der Waals surface area (Å²) in [7, 11) is 0. The normalized spacial score (nSPS) is 9.94. The van der Waals surface area contributed by atoms with E-state index in [1.165, 1.54) is 0 Å². The number of unbranched alkanes of at least 4 members (excludes halogenated alkanes) is 1. The van der Waals surface area contributed by atoms with Gasteiger partial charge < -0.3 is 10.6 Å². The van der Waals surface area contributed by atoms with Crippen molar-refractivity contribution in [3.8, 4) is 0 Å². The summed E-state index contributed by atoms with van der Waals surface area (Å²) in [4.78, 5) is 23.5. The van der Waals surface area contributed by atoms with Gasteiger partial charge in [0.2, 0.25) is 5.91 Å². The minimum Gasteiger partial charge on any atom is -0.368 e. The zero-order valence-electron chi connectivity index (χ0n) is 10.1. The predicted molar refractivity (Wildman–Crippen MR) is 68.1 cm³/mol. The molecule has 4 heteroatoms. The highest BCUT2D eigenvalue weighted by atomic mass is 16.1. The Labute approximate surface area is 101 Å². The number of benzene rings is 1. The molecule has 2 N–H and O–H groups in total. The quantitative estimate of drug-likeness (QED) is 0.729. The number of anilines is 1. The molecule has 0 fully saturated rings. The van der Waals surface area contributed by atoms with Gasteiger partial charge in [-0.1, -0.05) is 13.3 Å². The maximum Gasteiger partial charge on any atom is 0.236 e. The van der Waals surface area contributed by atoms with Gasteiger partial charge in [-0.05, 0) is 30.7 Å². The Balaban J connectivity index is 2.79. The monoisotopic (exact) mass is 234 g/mol. The fraction of sp³-hybridized carbons (Fsp3) is 0.385. The molecule has 92 valence electrons. The molecule has 0 spiro atoms. The topological polar surface area (TPSA) is 63.4 Å². The van der Waals surface area contributed by atoms with Crippen LogP contribution >= 0.6 is 0 Å². The second-order valence-corrected chi connectivity index (χ2v) is 3.95. The highest BCUT2D eigenvalue weighted by Gasteiger charge is 2.08. The third-order valence-corrected chi connectivity index (χ3v) is 2.52. The molecular formula is C13H18N2O2. The van der Waals surface area contributed by atoms with Gasteiger partial charge in [-0.25, -0.2) is 0 Å². The van der Waals surface area contributed by atoms with E-state index >= 15 is 0 Å². The highest BCUT2D eigenvalue weighted by Crippen LogP contribution is 2.15. The molecule has 17 heavy (non-hydrogen) atoms. The smallest absolute Gasteiger partial charge is 0.236 e. The Bertz CT molecular complexity index is 374. The second-order valence-electron chi connectivity index (χ2n) is 3.95. The number of nitrogens with two attached hydrogens (primary N) is 1. The first kappa shape index (κ1) is 13.2. The summed E-state index contributed by atoms with van der Waals surface area (Å²) >= 11 is 0. The van der Waals surface area contributed by atoms with E-state index < -0.39 is 0 Å². The number of aldehydes is 1. The van der Waals surface area contributed by atoms with Gasteiger partial charge in [0, 0.05) is 17.8 Å². The number of carbonyl (C=O) groups is 2. The van der Waals surface area contributed by atoms with Gasteiger partial charge in [0.15, 0.2) is 0 Å². The van der Waals surface area contributed by atoms with Crippen LogP contribution in [0.5, 0.6) is 0 Å². The predicted octanol–water partition coefficient (Wildman–Crippen LogP) is 1.59. The first-order valence-corrected chi connectivity index (χ1v) is 5.76. The van der Waals surface area contributed by atoms with Crippen LogP contribution < -0.4 is 10.6 Å². The van der Waals surface area contributed by atoms with Gasteiger partial charge in [0.25, 0.3) is 0 Å². The molecule has 1 amide bonds. The van der Waals surface area contributed by atoms with Crippen molar-refractivity contribution in [3.05, 3.63) is 29.8 Å². The van der Waals surface area contributed by atoms with Crippen molar-refractivity contribution in [1.29, 1.82) is 0 Å². The van der Waals surface area contributed by atoms with E-state index in [0.29, 0.717) is 5.56 Å². The first-order valence-electron chi connectivity index (χ1n) is 5.76. The van der Waals surface area contributed by atoms with Crippen LogP contribution in [0.3, 0.4) is 0 Å². The van der Waals surface area contributed by atoms with Crippen molar-refractivity contribution >= 4 is 17.9 Å². The van der Waals surface area contributed by atoms with Crippen LogP contribution in [0, 0.1) is 0 Å². The molecule has 0 radical (unpaired) electrons. The van der Waals surface area contributed by atoms with Gasteiger partial charge >= 0.3 is 0 Å². The summed E-state index contributed by atoms with van der Waals surface area (Å²) in [5.74, 6) is -0.347. The third kappa shape index (κ3) is 4.26. The Kier molecular flexibility index (Phi) is 5.20. The Morgan fingerprint density at radius 3 is 2.47 bits per heavy atom. The molecule has 0 saturated heterocycles. The lowest BCUT2D eigenvalue weighted by Gasteiger charge is -2.23. The van der Waals surface area contributed by atoms with E-state index in [2.05, 4.69) is 6.92 Å². The summed E-state index contributed by atoms with van der Waals surface area (Å²) in [6, 6.07) is 7.15. The molecule has 1 aromatic carbocycles. The lowest BCUT2D eigenvalue weighted by Crippen LogP contribution is -2.34. The van der Waals surface area contributed by atoms with E-state index in [0.717, 1.165) is 31.4 Å². The van der Waals surface area contributed by atoms with Gasteiger partial charge in [-0.2, -0.15) is 0 Å².